The van der Waals surface area contributed by atoms with E-state index < -0.39 is 5.97 Å². The fourth-order valence-electron chi connectivity index (χ4n) is 2.14. The van der Waals surface area contributed by atoms with Crippen molar-refractivity contribution >= 4 is 23.2 Å². The third kappa shape index (κ3) is 4.61. The van der Waals surface area contributed by atoms with E-state index in [9.17, 15) is 9.59 Å². The Morgan fingerprint density at radius 2 is 2.04 bits per heavy atom. The van der Waals surface area contributed by atoms with Gasteiger partial charge in [-0.3, -0.25) is 9.78 Å². The molecule has 0 aromatic carbocycles. The highest BCUT2D eigenvalue weighted by atomic mass is 32.1. The quantitative estimate of drug-likeness (QED) is 0.779. The molecule has 6 nitrogen and oxygen atoms in total. The van der Waals surface area contributed by atoms with Gasteiger partial charge in [0.25, 0.3) is 5.91 Å². The highest BCUT2D eigenvalue weighted by Crippen LogP contribution is 2.26. The largest absolute Gasteiger partial charge is 0.451 e. The molecule has 2 aromatic rings. The van der Waals surface area contributed by atoms with Gasteiger partial charge in [-0.25, -0.2) is 9.78 Å². The Bertz CT molecular complexity index is 696. The maximum Gasteiger partial charge on any atom is 0.350 e. The number of aryl methyl sites for hydroxylation is 1. The summed E-state index contributed by atoms with van der Waals surface area (Å²) in [4.78, 5) is 33.0. The number of carbonyl (C=O) groups is 2. The van der Waals surface area contributed by atoms with Crippen molar-refractivity contribution in [3.63, 3.8) is 0 Å². The van der Waals surface area contributed by atoms with Crippen LogP contribution in [-0.2, 0) is 9.53 Å². The summed E-state index contributed by atoms with van der Waals surface area (Å²) < 4.78 is 5.11. The molecule has 0 fully saturated rings. The molecular formula is C17H21N3O3S. The molecule has 0 saturated carbocycles. The van der Waals surface area contributed by atoms with Gasteiger partial charge in [0.1, 0.15) is 9.88 Å². The third-order valence-electron chi connectivity index (χ3n) is 3.55. The maximum atomic E-state index is 12.2. The first-order chi connectivity index (χ1) is 11.5. The van der Waals surface area contributed by atoms with Crippen LogP contribution >= 0.6 is 11.3 Å². The summed E-state index contributed by atoms with van der Waals surface area (Å²) in [6, 6.07) is 5.62. The number of amides is 1. The number of pyridine rings is 1. The first-order valence-corrected chi connectivity index (χ1v) is 8.72. The van der Waals surface area contributed by atoms with Crippen molar-refractivity contribution < 1.29 is 14.3 Å². The first-order valence-electron chi connectivity index (χ1n) is 7.90. The molecule has 7 heteroatoms. The summed E-state index contributed by atoms with van der Waals surface area (Å²) in [5, 5.41) is 3.48. The number of carbonyl (C=O) groups excluding carboxylic acids is 2. The molecular weight excluding hydrogens is 326 g/mol. The third-order valence-corrected chi connectivity index (χ3v) is 4.71. The number of aromatic nitrogens is 2. The summed E-state index contributed by atoms with van der Waals surface area (Å²) in [5.74, 6) is -0.823. The van der Waals surface area contributed by atoms with E-state index in [1.807, 2.05) is 32.0 Å². The van der Waals surface area contributed by atoms with Gasteiger partial charge in [0.15, 0.2) is 6.61 Å². The van der Waals surface area contributed by atoms with E-state index >= 15 is 0 Å². The minimum Gasteiger partial charge on any atom is -0.451 e. The van der Waals surface area contributed by atoms with Crippen LogP contribution in [0.5, 0.6) is 0 Å². The molecule has 0 radical (unpaired) electrons. The predicted octanol–water partition coefficient (Wildman–Crippen LogP) is 2.98. The minimum atomic E-state index is -0.535. The molecule has 2 heterocycles. The minimum absolute atomic E-state index is 0.108. The van der Waals surface area contributed by atoms with Crippen molar-refractivity contribution in [3.8, 4) is 10.7 Å². The van der Waals surface area contributed by atoms with E-state index in [1.165, 1.54) is 11.3 Å². The highest BCUT2D eigenvalue weighted by Gasteiger charge is 2.19. The van der Waals surface area contributed by atoms with Crippen molar-refractivity contribution in [2.75, 3.05) is 6.61 Å². The van der Waals surface area contributed by atoms with Gasteiger partial charge in [-0.2, -0.15) is 0 Å². The van der Waals surface area contributed by atoms with Crippen LogP contribution in [0.3, 0.4) is 0 Å². The van der Waals surface area contributed by atoms with Gasteiger partial charge in [0.2, 0.25) is 0 Å². The Labute approximate surface area is 145 Å². The SMILES string of the molecule is CCC(CC)NC(=O)COC(=O)c1sc(-c2ccccn2)nc1C. The number of rotatable bonds is 7. The monoisotopic (exact) mass is 347 g/mol. The molecule has 0 aliphatic rings. The van der Waals surface area contributed by atoms with Crippen LogP contribution in [-0.4, -0.2) is 34.5 Å². The Balaban J connectivity index is 1.98. The average molecular weight is 347 g/mol. The molecule has 0 bridgehead atoms. The summed E-state index contributed by atoms with van der Waals surface area (Å²) in [6.07, 6.45) is 3.36. The Hall–Kier alpha value is -2.28. The van der Waals surface area contributed by atoms with E-state index in [0.29, 0.717) is 21.3 Å². The van der Waals surface area contributed by atoms with Crippen LogP contribution in [0.4, 0.5) is 0 Å². The number of thiazole rings is 1. The fourth-order valence-corrected chi connectivity index (χ4v) is 3.08. The Morgan fingerprint density at radius 3 is 2.67 bits per heavy atom. The number of hydrogen-bond acceptors (Lipinski definition) is 6. The number of nitrogens with one attached hydrogen (secondary N) is 1. The molecule has 128 valence electrons. The topological polar surface area (TPSA) is 81.2 Å². The maximum absolute atomic E-state index is 12.2. The van der Waals surface area contributed by atoms with Crippen molar-refractivity contribution in [1.82, 2.24) is 15.3 Å². The van der Waals surface area contributed by atoms with Crippen LogP contribution < -0.4 is 5.32 Å². The Morgan fingerprint density at radius 1 is 1.29 bits per heavy atom. The molecule has 2 aromatic heterocycles. The summed E-state index contributed by atoms with van der Waals surface area (Å²) in [6.45, 7) is 5.45. The van der Waals surface area contributed by atoms with Crippen LogP contribution in [0, 0.1) is 6.92 Å². The Kier molecular flexibility index (Phi) is 6.43. The van der Waals surface area contributed by atoms with Crippen molar-refractivity contribution in [2.24, 2.45) is 0 Å². The van der Waals surface area contributed by atoms with E-state index in [2.05, 4.69) is 15.3 Å². The van der Waals surface area contributed by atoms with Crippen LogP contribution in [0.15, 0.2) is 24.4 Å². The normalized spacial score (nSPS) is 10.7. The molecule has 1 amide bonds. The molecule has 0 spiro atoms. The van der Waals surface area contributed by atoms with Gasteiger partial charge in [-0.15, -0.1) is 11.3 Å². The standard InChI is InChI=1S/C17H21N3O3S/c1-4-12(5-2)20-14(21)10-23-17(22)15-11(3)19-16(24-15)13-8-6-7-9-18-13/h6-9,12H,4-5,10H2,1-3H3,(H,20,21). The van der Waals surface area contributed by atoms with Gasteiger partial charge >= 0.3 is 5.97 Å². The van der Waals surface area contributed by atoms with Gasteiger partial charge < -0.3 is 10.1 Å². The van der Waals surface area contributed by atoms with Gasteiger partial charge in [-0.1, -0.05) is 19.9 Å². The second-order valence-electron chi connectivity index (χ2n) is 5.31. The second kappa shape index (κ2) is 8.54. The van der Waals surface area contributed by atoms with E-state index in [0.717, 1.165) is 12.8 Å². The second-order valence-corrected chi connectivity index (χ2v) is 6.30. The smallest absolute Gasteiger partial charge is 0.350 e. The molecule has 0 unspecified atom stereocenters. The van der Waals surface area contributed by atoms with Crippen LogP contribution in [0.2, 0.25) is 0 Å². The number of nitrogens with zero attached hydrogens (tertiary/aromatic N) is 2. The average Bonchev–Trinajstić information content (AvgIpc) is 3.00. The lowest BCUT2D eigenvalue weighted by molar-refractivity contribution is -0.125. The summed E-state index contributed by atoms with van der Waals surface area (Å²) in [7, 11) is 0. The highest BCUT2D eigenvalue weighted by molar-refractivity contribution is 7.17. The molecule has 0 aliphatic carbocycles. The molecule has 1 N–H and O–H groups in total. The summed E-state index contributed by atoms with van der Waals surface area (Å²) >= 11 is 1.22. The predicted molar refractivity (Wildman–Crippen MR) is 92.9 cm³/mol. The lowest BCUT2D eigenvalue weighted by Gasteiger charge is -2.14. The molecule has 0 saturated heterocycles. The van der Waals surface area contributed by atoms with Crippen molar-refractivity contribution in [1.29, 1.82) is 0 Å². The lowest BCUT2D eigenvalue weighted by atomic mass is 10.2. The van der Waals surface area contributed by atoms with E-state index in [1.54, 1.807) is 13.1 Å². The van der Waals surface area contributed by atoms with Crippen molar-refractivity contribution in [2.45, 2.75) is 39.7 Å². The summed E-state index contributed by atoms with van der Waals surface area (Å²) in [5.41, 5.74) is 1.28. The molecule has 2 rings (SSSR count). The number of ether oxygens (including phenoxy) is 1. The zero-order valence-electron chi connectivity index (χ0n) is 14.0. The van der Waals surface area contributed by atoms with Gasteiger partial charge in [0.05, 0.1) is 11.4 Å². The van der Waals surface area contributed by atoms with Gasteiger partial charge in [-0.05, 0) is 31.9 Å². The number of hydrogen-bond donors (Lipinski definition) is 1. The molecule has 0 aliphatic heterocycles. The first kappa shape index (κ1) is 18.1. The molecule has 24 heavy (non-hydrogen) atoms. The fraction of sp³-hybridized carbons (Fsp3) is 0.412. The van der Waals surface area contributed by atoms with E-state index in [-0.39, 0.29) is 18.6 Å². The number of esters is 1. The lowest BCUT2D eigenvalue weighted by Crippen LogP contribution is -2.36. The zero-order chi connectivity index (χ0) is 17.5. The van der Waals surface area contributed by atoms with Gasteiger partial charge in [0, 0.05) is 12.2 Å². The van der Waals surface area contributed by atoms with Crippen LogP contribution in [0.1, 0.15) is 42.1 Å². The van der Waals surface area contributed by atoms with E-state index in [4.69, 9.17) is 4.74 Å². The van der Waals surface area contributed by atoms with Crippen LogP contribution in [0.25, 0.3) is 10.7 Å². The molecule has 0 atom stereocenters. The van der Waals surface area contributed by atoms with Crippen molar-refractivity contribution in [3.05, 3.63) is 35.0 Å². The zero-order valence-corrected chi connectivity index (χ0v) is 14.9.